The number of likely N-dealkylation sites (tertiary alicyclic amines) is 1. The highest BCUT2D eigenvalue weighted by atomic mass is 16.5. The number of hydrogen-bond donors (Lipinski definition) is 1. The maximum atomic E-state index is 12.0. The monoisotopic (exact) mass is 320 g/mol. The lowest BCUT2D eigenvalue weighted by Gasteiger charge is -2.26. The zero-order valence-electron chi connectivity index (χ0n) is 13.8. The summed E-state index contributed by atoms with van der Waals surface area (Å²) in [5, 5.41) is 2.86. The molecule has 1 saturated heterocycles. The minimum Gasteiger partial charge on any atom is -0.497 e. The van der Waals surface area contributed by atoms with Gasteiger partial charge < -0.3 is 19.7 Å². The first-order chi connectivity index (χ1) is 11.1. The van der Waals surface area contributed by atoms with Gasteiger partial charge in [-0.15, -0.1) is 0 Å². The van der Waals surface area contributed by atoms with Crippen LogP contribution in [0.15, 0.2) is 18.2 Å². The van der Waals surface area contributed by atoms with Crippen molar-refractivity contribution in [3.05, 3.63) is 23.8 Å². The van der Waals surface area contributed by atoms with Crippen LogP contribution in [0.4, 0.5) is 0 Å². The van der Waals surface area contributed by atoms with E-state index in [1.807, 2.05) is 18.2 Å². The smallest absolute Gasteiger partial charge is 0.239 e. The highest BCUT2D eigenvalue weighted by Gasteiger charge is 2.20. The van der Waals surface area contributed by atoms with Crippen LogP contribution in [0.2, 0.25) is 0 Å². The second-order valence-electron chi connectivity index (χ2n) is 5.55. The maximum Gasteiger partial charge on any atom is 0.239 e. The fourth-order valence-electron chi connectivity index (χ4n) is 2.67. The topological polar surface area (TPSA) is 67.9 Å². The molecule has 6 heteroatoms. The van der Waals surface area contributed by atoms with Gasteiger partial charge in [-0.05, 0) is 43.0 Å². The van der Waals surface area contributed by atoms with Gasteiger partial charge >= 0.3 is 0 Å². The van der Waals surface area contributed by atoms with Crippen LogP contribution >= 0.6 is 0 Å². The molecule has 0 spiro atoms. The van der Waals surface area contributed by atoms with Gasteiger partial charge in [0.1, 0.15) is 11.5 Å². The summed E-state index contributed by atoms with van der Waals surface area (Å²) in [6.45, 7) is 1.31. The minimum atomic E-state index is -0.123. The van der Waals surface area contributed by atoms with Crippen molar-refractivity contribution in [1.82, 2.24) is 10.2 Å². The molecule has 1 fully saturated rings. The van der Waals surface area contributed by atoms with E-state index in [1.165, 1.54) is 0 Å². The first-order valence-electron chi connectivity index (χ1n) is 7.89. The van der Waals surface area contributed by atoms with Crippen LogP contribution in [0.5, 0.6) is 11.5 Å². The van der Waals surface area contributed by atoms with Crippen molar-refractivity contribution < 1.29 is 19.1 Å². The Labute approximate surface area is 136 Å². The van der Waals surface area contributed by atoms with E-state index in [4.69, 9.17) is 9.47 Å². The number of hydrogen-bond acceptors (Lipinski definition) is 4. The SMILES string of the molecule is COc1ccc(OC)c(CCNC(=O)CN2CCCCC2=O)c1. The first-order valence-corrected chi connectivity index (χ1v) is 7.89. The summed E-state index contributed by atoms with van der Waals surface area (Å²) in [5.74, 6) is 1.47. The molecule has 0 aromatic heterocycles. The summed E-state index contributed by atoms with van der Waals surface area (Å²) in [6, 6.07) is 5.59. The number of piperidine rings is 1. The Balaban J connectivity index is 1.82. The van der Waals surface area contributed by atoms with Crippen LogP contribution in [0.25, 0.3) is 0 Å². The molecule has 0 saturated carbocycles. The molecule has 0 radical (unpaired) electrons. The molecule has 1 N–H and O–H groups in total. The van der Waals surface area contributed by atoms with Gasteiger partial charge in [0.25, 0.3) is 0 Å². The summed E-state index contributed by atoms with van der Waals surface area (Å²) in [4.78, 5) is 25.3. The van der Waals surface area contributed by atoms with Crippen LogP contribution in [-0.4, -0.2) is 50.6 Å². The number of nitrogens with zero attached hydrogens (tertiary/aromatic N) is 1. The van der Waals surface area contributed by atoms with Crippen molar-refractivity contribution in [2.45, 2.75) is 25.7 Å². The van der Waals surface area contributed by atoms with Crippen LogP contribution in [0.1, 0.15) is 24.8 Å². The van der Waals surface area contributed by atoms with E-state index in [2.05, 4.69) is 5.32 Å². The summed E-state index contributed by atoms with van der Waals surface area (Å²) >= 11 is 0. The Morgan fingerprint density at radius 3 is 2.78 bits per heavy atom. The third-order valence-electron chi connectivity index (χ3n) is 3.96. The summed E-state index contributed by atoms with van der Waals surface area (Å²) in [7, 11) is 3.23. The van der Waals surface area contributed by atoms with Gasteiger partial charge in [-0.25, -0.2) is 0 Å². The number of amides is 2. The third kappa shape index (κ3) is 4.87. The number of benzene rings is 1. The van der Waals surface area contributed by atoms with E-state index < -0.39 is 0 Å². The molecule has 2 amide bonds. The lowest BCUT2D eigenvalue weighted by atomic mass is 10.1. The van der Waals surface area contributed by atoms with Gasteiger partial charge in [0.15, 0.2) is 0 Å². The highest BCUT2D eigenvalue weighted by molar-refractivity contribution is 5.85. The van der Waals surface area contributed by atoms with Crippen molar-refractivity contribution in [1.29, 1.82) is 0 Å². The lowest BCUT2D eigenvalue weighted by molar-refractivity contribution is -0.137. The predicted molar refractivity (Wildman–Crippen MR) is 86.7 cm³/mol. The second kappa shape index (κ2) is 8.41. The van der Waals surface area contributed by atoms with Gasteiger partial charge in [-0.3, -0.25) is 9.59 Å². The van der Waals surface area contributed by atoms with Gasteiger partial charge in [-0.2, -0.15) is 0 Å². The quantitative estimate of drug-likeness (QED) is 0.824. The van der Waals surface area contributed by atoms with E-state index in [1.54, 1.807) is 19.1 Å². The lowest BCUT2D eigenvalue weighted by Crippen LogP contribution is -2.43. The van der Waals surface area contributed by atoms with Gasteiger partial charge in [0.05, 0.1) is 20.8 Å². The molecule has 2 rings (SSSR count). The van der Waals surface area contributed by atoms with Crippen molar-refractivity contribution in [2.24, 2.45) is 0 Å². The largest absolute Gasteiger partial charge is 0.497 e. The summed E-state index contributed by atoms with van der Waals surface area (Å²) in [6.07, 6.45) is 3.08. The maximum absolute atomic E-state index is 12.0. The highest BCUT2D eigenvalue weighted by Crippen LogP contribution is 2.24. The molecule has 1 aliphatic rings. The van der Waals surface area contributed by atoms with Crippen LogP contribution in [0, 0.1) is 0 Å². The number of carbonyl (C=O) groups is 2. The van der Waals surface area contributed by atoms with E-state index in [0.29, 0.717) is 25.9 Å². The molecule has 1 aliphatic heterocycles. The average Bonchev–Trinajstić information content (AvgIpc) is 2.57. The first kappa shape index (κ1) is 17.1. The summed E-state index contributed by atoms with van der Waals surface area (Å²) in [5.41, 5.74) is 0.973. The Bertz CT molecular complexity index is 560. The summed E-state index contributed by atoms with van der Waals surface area (Å²) < 4.78 is 10.5. The molecule has 0 aliphatic carbocycles. The molecular weight excluding hydrogens is 296 g/mol. The zero-order valence-corrected chi connectivity index (χ0v) is 13.8. The molecule has 23 heavy (non-hydrogen) atoms. The van der Waals surface area contributed by atoms with E-state index in [-0.39, 0.29) is 18.4 Å². The molecule has 1 heterocycles. The molecular formula is C17H24N2O4. The molecule has 6 nitrogen and oxygen atoms in total. The number of methoxy groups -OCH3 is 2. The van der Waals surface area contributed by atoms with E-state index >= 15 is 0 Å². The average molecular weight is 320 g/mol. The van der Waals surface area contributed by atoms with Crippen LogP contribution in [-0.2, 0) is 16.0 Å². The fourth-order valence-corrected chi connectivity index (χ4v) is 2.67. The molecule has 126 valence electrons. The van der Waals surface area contributed by atoms with E-state index in [9.17, 15) is 9.59 Å². The Hall–Kier alpha value is -2.24. The molecule has 0 unspecified atom stereocenters. The van der Waals surface area contributed by atoms with Crippen molar-refractivity contribution in [3.8, 4) is 11.5 Å². The van der Waals surface area contributed by atoms with Gasteiger partial charge in [-0.1, -0.05) is 0 Å². The van der Waals surface area contributed by atoms with Gasteiger partial charge in [0.2, 0.25) is 11.8 Å². The van der Waals surface area contributed by atoms with Crippen molar-refractivity contribution in [3.63, 3.8) is 0 Å². The standard InChI is InChI=1S/C17H24N2O4/c1-22-14-6-7-15(23-2)13(11-14)8-9-18-16(20)12-19-10-4-3-5-17(19)21/h6-7,11H,3-5,8-10,12H2,1-2H3,(H,18,20). The Morgan fingerprint density at radius 2 is 2.09 bits per heavy atom. The van der Waals surface area contributed by atoms with Crippen molar-refractivity contribution >= 4 is 11.8 Å². The third-order valence-corrected chi connectivity index (χ3v) is 3.96. The Morgan fingerprint density at radius 1 is 1.26 bits per heavy atom. The molecule has 1 aromatic carbocycles. The molecule has 0 bridgehead atoms. The van der Waals surface area contributed by atoms with Crippen molar-refractivity contribution in [2.75, 3.05) is 33.9 Å². The normalized spacial score (nSPS) is 14.5. The number of carbonyl (C=O) groups excluding carboxylic acids is 2. The number of nitrogens with one attached hydrogen (secondary N) is 1. The van der Waals surface area contributed by atoms with Crippen LogP contribution in [0.3, 0.4) is 0 Å². The fraction of sp³-hybridized carbons (Fsp3) is 0.529. The Kier molecular flexibility index (Phi) is 6.26. The minimum absolute atomic E-state index is 0.0702. The number of ether oxygens (including phenoxy) is 2. The predicted octanol–water partition coefficient (Wildman–Crippen LogP) is 1.37. The molecule has 1 aromatic rings. The second-order valence-corrected chi connectivity index (χ2v) is 5.55. The zero-order chi connectivity index (χ0) is 16.7. The van der Waals surface area contributed by atoms with E-state index in [0.717, 1.165) is 29.9 Å². The van der Waals surface area contributed by atoms with Crippen LogP contribution < -0.4 is 14.8 Å². The van der Waals surface area contributed by atoms with Gasteiger partial charge in [0, 0.05) is 19.5 Å². The number of rotatable bonds is 7. The molecule has 0 atom stereocenters.